The minimum atomic E-state index is -0.703. The predicted molar refractivity (Wildman–Crippen MR) is 137 cm³/mol. The SMILES string of the molecule is CC1Oc2ccc(NC(=O)C(c3ccccc3)c3ccccc3)cc2N(Cc2ccccc2F)C1=O. The van der Waals surface area contributed by atoms with Crippen molar-refractivity contribution >= 4 is 23.2 Å². The molecule has 0 spiro atoms. The Morgan fingerprint density at radius 2 is 1.53 bits per heavy atom. The minimum Gasteiger partial charge on any atom is -0.479 e. The molecule has 5 rings (SSSR count). The second kappa shape index (κ2) is 10.0. The second-order valence-electron chi connectivity index (χ2n) is 8.70. The maximum Gasteiger partial charge on any atom is 0.268 e. The monoisotopic (exact) mass is 480 g/mol. The smallest absolute Gasteiger partial charge is 0.268 e. The average Bonchev–Trinajstić information content (AvgIpc) is 2.89. The first-order valence-corrected chi connectivity index (χ1v) is 11.8. The number of nitrogens with one attached hydrogen (secondary N) is 1. The fraction of sp³-hybridized carbons (Fsp3) is 0.133. The lowest BCUT2D eigenvalue weighted by Gasteiger charge is -2.33. The molecule has 1 atom stereocenters. The van der Waals surface area contributed by atoms with Crippen LogP contribution < -0.4 is 15.0 Å². The molecule has 0 fully saturated rings. The molecule has 1 aliphatic heterocycles. The molecule has 1 heterocycles. The molecule has 0 aliphatic carbocycles. The molecule has 0 radical (unpaired) electrons. The number of anilines is 2. The summed E-state index contributed by atoms with van der Waals surface area (Å²) in [7, 11) is 0. The van der Waals surface area contributed by atoms with Gasteiger partial charge in [-0.05, 0) is 42.3 Å². The molecule has 4 aromatic carbocycles. The van der Waals surface area contributed by atoms with E-state index in [0.717, 1.165) is 11.1 Å². The molecule has 2 amide bonds. The Labute approximate surface area is 209 Å². The number of fused-ring (bicyclic) bond motifs is 1. The van der Waals surface area contributed by atoms with Crippen LogP contribution in [0.3, 0.4) is 0 Å². The van der Waals surface area contributed by atoms with Crippen molar-refractivity contribution in [1.29, 1.82) is 0 Å². The molecule has 0 saturated heterocycles. The number of hydrogen-bond acceptors (Lipinski definition) is 3. The Hall–Kier alpha value is -4.45. The number of halogens is 1. The molecule has 0 aromatic heterocycles. The second-order valence-corrected chi connectivity index (χ2v) is 8.70. The Balaban J connectivity index is 1.47. The standard InChI is InChI=1S/C30H25FN2O3/c1-20-30(35)33(19-23-14-8-9-15-25(23)31)26-18-24(16-17-27(26)36-20)32-29(34)28(21-10-4-2-5-11-21)22-12-6-3-7-13-22/h2-18,20,28H,19H2,1H3,(H,32,34). The van der Waals surface area contributed by atoms with Crippen LogP contribution in [0.1, 0.15) is 29.5 Å². The molecule has 1 N–H and O–H groups in total. The van der Waals surface area contributed by atoms with E-state index in [9.17, 15) is 14.0 Å². The molecule has 1 aliphatic rings. The van der Waals surface area contributed by atoms with Crippen molar-refractivity contribution in [1.82, 2.24) is 0 Å². The highest BCUT2D eigenvalue weighted by molar-refractivity contribution is 6.02. The van der Waals surface area contributed by atoms with Crippen molar-refractivity contribution in [2.24, 2.45) is 0 Å². The third kappa shape index (κ3) is 4.70. The summed E-state index contributed by atoms with van der Waals surface area (Å²) in [5, 5.41) is 3.00. The van der Waals surface area contributed by atoms with Crippen LogP contribution in [0.25, 0.3) is 0 Å². The molecule has 0 bridgehead atoms. The van der Waals surface area contributed by atoms with E-state index < -0.39 is 12.0 Å². The zero-order valence-corrected chi connectivity index (χ0v) is 19.7. The van der Waals surface area contributed by atoms with Gasteiger partial charge in [-0.3, -0.25) is 9.59 Å². The van der Waals surface area contributed by atoms with Gasteiger partial charge in [0.15, 0.2) is 6.10 Å². The van der Waals surface area contributed by atoms with Gasteiger partial charge in [-0.1, -0.05) is 78.9 Å². The first kappa shape index (κ1) is 23.3. The highest BCUT2D eigenvalue weighted by atomic mass is 19.1. The lowest BCUT2D eigenvalue weighted by Crippen LogP contribution is -2.44. The van der Waals surface area contributed by atoms with E-state index in [2.05, 4.69) is 5.32 Å². The Kier molecular flexibility index (Phi) is 6.50. The van der Waals surface area contributed by atoms with E-state index >= 15 is 0 Å². The number of benzene rings is 4. The van der Waals surface area contributed by atoms with Crippen molar-refractivity contribution in [2.45, 2.75) is 25.5 Å². The Morgan fingerprint density at radius 1 is 0.917 bits per heavy atom. The van der Waals surface area contributed by atoms with Gasteiger partial charge in [-0.15, -0.1) is 0 Å². The summed E-state index contributed by atoms with van der Waals surface area (Å²) in [5.41, 5.74) is 3.13. The average molecular weight is 481 g/mol. The van der Waals surface area contributed by atoms with Crippen molar-refractivity contribution in [3.8, 4) is 5.75 Å². The van der Waals surface area contributed by atoms with Crippen LogP contribution in [0, 0.1) is 5.82 Å². The third-order valence-corrected chi connectivity index (χ3v) is 6.25. The van der Waals surface area contributed by atoms with Gasteiger partial charge in [-0.2, -0.15) is 0 Å². The van der Waals surface area contributed by atoms with Gasteiger partial charge in [0.25, 0.3) is 5.91 Å². The molecule has 4 aromatic rings. The van der Waals surface area contributed by atoms with Gasteiger partial charge >= 0.3 is 0 Å². The van der Waals surface area contributed by atoms with Crippen molar-refractivity contribution in [3.63, 3.8) is 0 Å². The van der Waals surface area contributed by atoms with E-state index in [0.29, 0.717) is 22.7 Å². The molecule has 0 saturated carbocycles. The van der Waals surface area contributed by atoms with Crippen LogP contribution in [0.5, 0.6) is 5.75 Å². The summed E-state index contributed by atoms with van der Waals surface area (Å²) in [6, 6.07) is 30.7. The lowest BCUT2D eigenvalue weighted by atomic mass is 9.90. The molecule has 1 unspecified atom stereocenters. The van der Waals surface area contributed by atoms with E-state index in [-0.39, 0.29) is 24.2 Å². The highest BCUT2D eigenvalue weighted by Crippen LogP contribution is 2.38. The normalized spacial score (nSPS) is 14.8. The zero-order valence-electron chi connectivity index (χ0n) is 19.7. The summed E-state index contributed by atoms with van der Waals surface area (Å²) in [5.74, 6) is -0.885. The van der Waals surface area contributed by atoms with Gasteiger partial charge in [0.2, 0.25) is 5.91 Å². The Bertz CT molecular complexity index is 1350. The lowest BCUT2D eigenvalue weighted by molar-refractivity contribution is -0.125. The fourth-order valence-corrected chi connectivity index (χ4v) is 4.45. The number of carbonyl (C=O) groups is 2. The molecule has 5 nitrogen and oxygen atoms in total. The van der Waals surface area contributed by atoms with Gasteiger partial charge < -0.3 is 15.0 Å². The van der Waals surface area contributed by atoms with E-state index in [1.807, 2.05) is 60.7 Å². The van der Waals surface area contributed by atoms with Gasteiger partial charge in [-0.25, -0.2) is 4.39 Å². The van der Waals surface area contributed by atoms with Crippen molar-refractivity contribution in [2.75, 3.05) is 10.2 Å². The molecule has 6 heteroatoms. The maximum atomic E-state index is 14.4. The van der Waals surface area contributed by atoms with E-state index in [1.54, 1.807) is 43.3 Å². The molecule has 180 valence electrons. The van der Waals surface area contributed by atoms with Crippen LogP contribution in [0.15, 0.2) is 103 Å². The fourth-order valence-electron chi connectivity index (χ4n) is 4.45. The number of amides is 2. The van der Waals surface area contributed by atoms with Crippen molar-refractivity contribution in [3.05, 3.63) is 126 Å². The maximum absolute atomic E-state index is 14.4. The minimum absolute atomic E-state index is 0.0558. The number of ether oxygens (including phenoxy) is 1. The Morgan fingerprint density at radius 3 is 2.17 bits per heavy atom. The molecular formula is C30H25FN2O3. The summed E-state index contributed by atoms with van der Waals surface area (Å²) >= 11 is 0. The zero-order chi connectivity index (χ0) is 25.1. The largest absolute Gasteiger partial charge is 0.479 e. The highest BCUT2D eigenvalue weighted by Gasteiger charge is 2.32. The number of carbonyl (C=O) groups excluding carboxylic acids is 2. The van der Waals surface area contributed by atoms with Crippen LogP contribution in [0.2, 0.25) is 0 Å². The summed E-state index contributed by atoms with van der Waals surface area (Å²) in [4.78, 5) is 28.1. The summed E-state index contributed by atoms with van der Waals surface area (Å²) in [6.45, 7) is 1.72. The first-order valence-electron chi connectivity index (χ1n) is 11.8. The van der Waals surface area contributed by atoms with Crippen LogP contribution >= 0.6 is 0 Å². The van der Waals surface area contributed by atoms with E-state index in [4.69, 9.17) is 4.74 Å². The summed E-state index contributed by atoms with van der Waals surface area (Å²) in [6.07, 6.45) is -0.703. The van der Waals surface area contributed by atoms with Gasteiger partial charge in [0.1, 0.15) is 11.6 Å². The van der Waals surface area contributed by atoms with Crippen LogP contribution in [-0.4, -0.2) is 17.9 Å². The number of hydrogen-bond donors (Lipinski definition) is 1. The quantitative estimate of drug-likeness (QED) is 0.373. The van der Waals surface area contributed by atoms with Gasteiger partial charge in [0.05, 0.1) is 18.2 Å². The predicted octanol–water partition coefficient (Wildman–Crippen LogP) is 5.91. The molecule has 36 heavy (non-hydrogen) atoms. The number of nitrogens with zero attached hydrogens (tertiary/aromatic N) is 1. The van der Waals surface area contributed by atoms with Crippen LogP contribution in [0.4, 0.5) is 15.8 Å². The third-order valence-electron chi connectivity index (χ3n) is 6.25. The first-order chi connectivity index (χ1) is 17.5. The van der Waals surface area contributed by atoms with Crippen molar-refractivity contribution < 1.29 is 18.7 Å². The molecular weight excluding hydrogens is 455 g/mol. The number of rotatable bonds is 6. The van der Waals surface area contributed by atoms with Gasteiger partial charge in [0, 0.05) is 11.3 Å². The topological polar surface area (TPSA) is 58.6 Å². The van der Waals surface area contributed by atoms with Crippen LogP contribution in [-0.2, 0) is 16.1 Å². The summed E-state index contributed by atoms with van der Waals surface area (Å²) < 4.78 is 20.2. The van der Waals surface area contributed by atoms with E-state index in [1.165, 1.54) is 11.0 Å².